The number of carboxylic acids is 1. The van der Waals surface area contributed by atoms with Gasteiger partial charge in [0.1, 0.15) is 30.5 Å². The zero-order chi connectivity index (χ0) is 29.2. The third-order valence-electron chi connectivity index (χ3n) is 4.55. The number of carbonyl (C=O) groups is 2. The highest BCUT2D eigenvalue weighted by molar-refractivity contribution is 7.81. The Hall–Kier alpha value is -2.07. The van der Waals surface area contributed by atoms with Crippen molar-refractivity contribution >= 4 is 43.1 Å². The largest absolute Gasteiger partial charge is 0.475 e. The van der Waals surface area contributed by atoms with Gasteiger partial charge in [-0.3, -0.25) is 18.5 Å². The molecule has 2 rings (SSSR count). The minimum atomic E-state index is -5.52. The number of rotatable bonds is 11. The SMILES string of the molecule is CC(=O)N[C@H]1C(O)O[C@H](COS(=O)(=O)O)[C@H](OS(=O)(=O)O)[C@@H]1O[C@@H]1OC(C(=O)O)=C[C@H](O)[C@H]1OS(=O)(=O)O. The van der Waals surface area contributed by atoms with Crippen LogP contribution in [0.5, 0.6) is 0 Å². The van der Waals surface area contributed by atoms with Crippen molar-refractivity contribution in [3.05, 3.63) is 11.8 Å². The van der Waals surface area contributed by atoms with Gasteiger partial charge in [-0.25, -0.2) is 17.3 Å². The first-order valence-corrected chi connectivity index (χ1v) is 13.8. The highest BCUT2D eigenvalue weighted by Gasteiger charge is 2.53. The molecule has 1 unspecified atom stereocenters. The first kappa shape index (κ1) is 32.1. The normalized spacial score (nSPS) is 32.6. The van der Waals surface area contributed by atoms with E-state index in [0.717, 1.165) is 6.92 Å². The monoisotopic (exact) mass is 619 g/mol. The predicted molar refractivity (Wildman–Crippen MR) is 110 cm³/mol. The van der Waals surface area contributed by atoms with Gasteiger partial charge in [-0.1, -0.05) is 0 Å². The van der Waals surface area contributed by atoms with E-state index in [1.54, 1.807) is 0 Å². The van der Waals surface area contributed by atoms with Crippen molar-refractivity contribution < 1.29 is 90.6 Å². The molecule has 0 aromatic carbocycles. The van der Waals surface area contributed by atoms with Gasteiger partial charge in [-0.2, -0.15) is 25.3 Å². The molecule has 0 aliphatic carbocycles. The lowest BCUT2D eigenvalue weighted by molar-refractivity contribution is -0.295. The van der Waals surface area contributed by atoms with Crippen LogP contribution in [0.1, 0.15) is 6.92 Å². The van der Waals surface area contributed by atoms with Crippen molar-refractivity contribution in [3.63, 3.8) is 0 Å². The van der Waals surface area contributed by atoms with E-state index < -0.39 is 105 Å². The molecule has 21 nitrogen and oxygen atoms in total. The number of aliphatic carboxylic acids is 1. The van der Waals surface area contributed by atoms with Gasteiger partial charge in [0.15, 0.2) is 12.4 Å². The molecule has 0 saturated carbocycles. The fourth-order valence-corrected chi connectivity index (χ4v) is 4.59. The third kappa shape index (κ3) is 9.59. The lowest BCUT2D eigenvalue weighted by Crippen LogP contribution is -2.67. The van der Waals surface area contributed by atoms with Gasteiger partial charge in [0, 0.05) is 6.92 Å². The van der Waals surface area contributed by atoms with E-state index >= 15 is 0 Å². The van der Waals surface area contributed by atoms with Gasteiger partial charge < -0.3 is 34.8 Å². The Morgan fingerprint density at radius 1 is 0.947 bits per heavy atom. The van der Waals surface area contributed by atoms with E-state index in [1.165, 1.54) is 0 Å². The summed E-state index contributed by atoms with van der Waals surface area (Å²) in [6.07, 6.45) is -15.4. The molecule has 0 bridgehead atoms. The number of hydrogen-bond donors (Lipinski definition) is 7. The topological polar surface area (TPSA) is 325 Å². The van der Waals surface area contributed by atoms with Gasteiger partial charge in [0.25, 0.3) is 0 Å². The quantitative estimate of drug-likeness (QED) is 0.107. The molecule has 7 N–H and O–H groups in total. The maximum Gasteiger partial charge on any atom is 0.397 e. The lowest BCUT2D eigenvalue weighted by atomic mass is 9.96. The molecule has 2 heterocycles. The summed E-state index contributed by atoms with van der Waals surface area (Å²) in [5, 5.41) is 31.7. The van der Waals surface area contributed by atoms with Gasteiger partial charge in [-0.05, 0) is 6.08 Å². The van der Waals surface area contributed by atoms with Crippen LogP contribution in [-0.2, 0) is 67.5 Å². The fourth-order valence-electron chi connectivity index (χ4n) is 3.28. The Kier molecular flexibility index (Phi) is 10.1. The van der Waals surface area contributed by atoms with Gasteiger partial charge in [0.05, 0.1) is 6.61 Å². The standard InChI is InChI=1S/C14H21NO20S3/c1-4(16)15-8-11(10(35-38(27,28)29)7(31-13(8)20)3-30-36(21,22)23)33-14-9(34-37(24,25)26)5(17)2-6(32-14)12(18)19/h2,5,7-11,13-14,17,20H,3H2,1H3,(H,15,16)(H,18,19)(H,21,22,23)(H,24,25,26)(H,27,28,29)/t5-,7+,8+,9+,10-,11+,13?,14-/m0/s1. The van der Waals surface area contributed by atoms with E-state index in [2.05, 4.69) is 12.5 Å². The summed E-state index contributed by atoms with van der Waals surface area (Å²) in [6.45, 7) is -0.450. The number of carbonyl (C=O) groups excluding carboxylic acids is 1. The van der Waals surface area contributed by atoms with Crippen molar-refractivity contribution in [2.45, 2.75) is 56.1 Å². The molecule has 38 heavy (non-hydrogen) atoms. The molecule has 1 fully saturated rings. The molecule has 2 aliphatic rings. The van der Waals surface area contributed by atoms with E-state index in [1.807, 2.05) is 5.32 Å². The number of carboxylic acid groups (broad SMARTS) is 1. The highest BCUT2D eigenvalue weighted by Crippen LogP contribution is 2.31. The lowest BCUT2D eigenvalue weighted by Gasteiger charge is -2.45. The summed E-state index contributed by atoms with van der Waals surface area (Å²) < 4.78 is 122. The Morgan fingerprint density at radius 3 is 1.97 bits per heavy atom. The van der Waals surface area contributed by atoms with Gasteiger partial charge in [0.2, 0.25) is 18.0 Å². The number of ether oxygens (including phenoxy) is 3. The van der Waals surface area contributed by atoms with Crippen LogP contribution in [0.4, 0.5) is 0 Å². The second-order valence-electron chi connectivity index (χ2n) is 7.39. The minimum Gasteiger partial charge on any atom is -0.475 e. The number of amides is 1. The van der Waals surface area contributed by atoms with Crippen LogP contribution in [0.3, 0.4) is 0 Å². The molecular weight excluding hydrogens is 598 g/mol. The second-order valence-corrected chi connectivity index (χ2v) is 10.6. The molecule has 0 aromatic heterocycles. The number of nitrogens with one attached hydrogen (secondary N) is 1. The Morgan fingerprint density at radius 2 is 1.50 bits per heavy atom. The minimum absolute atomic E-state index is 0.428. The molecule has 0 aromatic rings. The maximum atomic E-state index is 11.7. The summed E-state index contributed by atoms with van der Waals surface area (Å²) in [7, 11) is -16.2. The molecule has 24 heteroatoms. The predicted octanol–water partition coefficient (Wildman–Crippen LogP) is -4.53. The van der Waals surface area contributed by atoms with Crippen molar-refractivity contribution in [1.29, 1.82) is 0 Å². The average molecular weight is 620 g/mol. The zero-order valence-electron chi connectivity index (χ0n) is 18.5. The zero-order valence-corrected chi connectivity index (χ0v) is 21.0. The Bertz CT molecular complexity index is 1240. The van der Waals surface area contributed by atoms with Crippen LogP contribution in [0, 0.1) is 0 Å². The third-order valence-corrected chi connectivity index (χ3v) is 5.92. The molecule has 1 amide bonds. The maximum absolute atomic E-state index is 11.7. The summed E-state index contributed by atoms with van der Waals surface area (Å²) in [6, 6.07) is -1.94. The van der Waals surface area contributed by atoms with Crippen molar-refractivity contribution in [1.82, 2.24) is 5.32 Å². The van der Waals surface area contributed by atoms with Crippen LogP contribution in [0.25, 0.3) is 0 Å². The van der Waals surface area contributed by atoms with Crippen LogP contribution in [0.2, 0.25) is 0 Å². The smallest absolute Gasteiger partial charge is 0.397 e. The molecule has 1 saturated heterocycles. The van der Waals surface area contributed by atoms with Crippen LogP contribution >= 0.6 is 0 Å². The average Bonchev–Trinajstić information content (AvgIpc) is 2.70. The summed E-state index contributed by atoms with van der Waals surface area (Å²) >= 11 is 0. The van der Waals surface area contributed by atoms with Gasteiger partial charge in [-0.15, -0.1) is 0 Å². The van der Waals surface area contributed by atoms with E-state index in [-0.39, 0.29) is 0 Å². The molecular formula is C14H21NO20S3. The molecule has 0 radical (unpaired) electrons. The Labute approximate surface area is 213 Å². The number of aliphatic hydroxyl groups is 2. The number of aliphatic hydroxyl groups excluding tert-OH is 2. The van der Waals surface area contributed by atoms with Crippen LogP contribution in [-0.4, -0.2) is 122 Å². The van der Waals surface area contributed by atoms with Crippen molar-refractivity contribution in [2.24, 2.45) is 0 Å². The first-order valence-electron chi connectivity index (χ1n) is 9.66. The Balaban J connectivity index is 2.59. The molecule has 2 aliphatic heterocycles. The molecule has 8 atom stereocenters. The van der Waals surface area contributed by atoms with E-state index in [4.69, 9.17) is 23.3 Å². The highest BCUT2D eigenvalue weighted by atomic mass is 32.3. The van der Waals surface area contributed by atoms with Crippen molar-refractivity contribution in [2.75, 3.05) is 6.61 Å². The number of hydrogen-bond acceptors (Lipinski definition) is 16. The molecule has 220 valence electrons. The van der Waals surface area contributed by atoms with E-state index in [9.17, 15) is 54.7 Å². The van der Waals surface area contributed by atoms with Crippen LogP contribution in [0.15, 0.2) is 11.8 Å². The van der Waals surface area contributed by atoms with Crippen LogP contribution < -0.4 is 5.32 Å². The summed E-state index contributed by atoms with van der Waals surface area (Å²) in [5.74, 6) is -3.88. The van der Waals surface area contributed by atoms with Gasteiger partial charge >= 0.3 is 37.2 Å². The first-order chi connectivity index (χ1) is 17.2. The summed E-state index contributed by atoms with van der Waals surface area (Å²) in [5.41, 5.74) is 0. The fraction of sp³-hybridized carbons (Fsp3) is 0.714. The summed E-state index contributed by atoms with van der Waals surface area (Å²) in [4.78, 5) is 23.1. The van der Waals surface area contributed by atoms with Crippen molar-refractivity contribution in [3.8, 4) is 0 Å². The second kappa shape index (κ2) is 12.0. The molecule has 0 spiro atoms. The van der Waals surface area contributed by atoms with E-state index in [0.29, 0.717) is 6.08 Å².